The van der Waals surface area contributed by atoms with Gasteiger partial charge in [0, 0.05) is 19.0 Å². The number of rotatable bonds is 2. The number of benzene rings is 1. The van der Waals surface area contributed by atoms with Gasteiger partial charge in [-0.15, -0.1) is 0 Å². The Kier molecular flexibility index (Phi) is 3.48. The van der Waals surface area contributed by atoms with E-state index in [1.54, 1.807) is 4.90 Å². The second-order valence-electron chi connectivity index (χ2n) is 6.29. The van der Waals surface area contributed by atoms with Crippen LogP contribution < -0.4 is 5.56 Å². The molecule has 1 saturated heterocycles. The minimum Gasteiger partial charge on any atom is -0.373 e. The highest BCUT2D eigenvalue weighted by molar-refractivity contribution is 5.91. The van der Waals surface area contributed by atoms with Crippen LogP contribution in [0, 0.1) is 6.92 Å². The Balaban J connectivity index is 1.47. The van der Waals surface area contributed by atoms with Gasteiger partial charge < -0.3 is 14.4 Å². The van der Waals surface area contributed by atoms with E-state index in [1.165, 1.54) is 11.6 Å². The topological polar surface area (TPSA) is 95.0 Å². The zero-order chi connectivity index (χ0) is 16.7. The number of imidazole rings is 1. The summed E-state index contributed by atoms with van der Waals surface area (Å²) >= 11 is 0. The van der Waals surface area contributed by atoms with Gasteiger partial charge >= 0.3 is 0 Å². The number of aromatic nitrogens is 3. The first kappa shape index (κ1) is 14.7. The number of likely N-dealkylation sites (tertiary alicyclic amines) is 1. The number of carbonyl (C=O) groups is 1. The van der Waals surface area contributed by atoms with E-state index < -0.39 is 5.56 Å². The van der Waals surface area contributed by atoms with Crippen molar-refractivity contribution in [1.29, 1.82) is 0 Å². The first-order valence-corrected chi connectivity index (χ1v) is 8.04. The number of amides is 1. The lowest BCUT2D eigenvalue weighted by molar-refractivity contribution is 0.0669. The molecule has 2 N–H and O–H groups in total. The molecule has 0 atom stereocenters. The lowest BCUT2D eigenvalue weighted by Crippen LogP contribution is -2.38. The van der Waals surface area contributed by atoms with Gasteiger partial charge in [-0.05, 0) is 37.5 Å². The smallest absolute Gasteiger partial charge is 0.292 e. The third kappa shape index (κ3) is 2.62. The monoisotopic (exact) mass is 326 g/mol. The Morgan fingerprint density at radius 1 is 1.29 bits per heavy atom. The standard InChI is InChI=1S/C17H18N4O3/c1-10-2-3-12-13(8-10)19-16(18-12)11-4-6-21(7-5-11)17(23)14-9-15(22)20-24-14/h2-3,8-9,11H,4-7H2,1H3,(H,18,19)(H,20,22). The number of hydrogen-bond donors (Lipinski definition) is 2. The summed E-state index contributed by atoms with van der Waals surface area (Å²) in [5, 5.41) is 2.15. The fraction of sp³-hybridized carbons (Fsp3) is 0.353. The number of hydrogen-bond acceptors (Lipinski definition) is 4. The largest absolute Gasteiger partial charge is 0.373 e. The maximum Gasteiger partial charge on any atom is 0.292 e. The molecule has 24 heavy (non-hydrogen) atoms. The summed E-state index contributed by atoms with van der Waals surface area (Å²) in [7, 11) is 0. The van der Waals surface area contributed by atoms with Crippen LogP contribution in [0.5, 0.6) is 0 Å². The van der Waals surface area contributed by atoms with E-state index in [1.807, 2.05) is 6.07 Å². The van der Waals surface area contributed by atoms with E-state index in [-0.39, 0.29) is 11.7 Å². The Morgan fingerprint density at radius 2 is 2.08 bits per heavy atom. The highest BCUT2D eigenvalue weighted by Crippen LogP contribution is 2.28. The quantitative estimate of drug-likeness (QED) is 0.754. The van der Waals surface area contributed by atoms with E-state index in [9.17, 15) is 9.59 Å². The molecule has 1 aliphatic heterocycles. The van der Waals surface area contributed by atoms with Crippen LogP contribution in [-0.4, -0.2) is 39.0 Å². The van der Waals surface area contributed by atoms with Crippen LogP contribution in [0.15, 0.2) is 33.6 Å². The summed E-state index contributed by atoms with van der Waals surface area (Å²) < 4.78 is 4.89. The number of nitrogens with one attached hydrogen (secondary N) is 2. The van der Waals surface area contributed by atoms with Crippen molar-refractivity contribution in [3.05, 3.63) is 51.8 Å². The number of nitrogens with zero attached hydrogens (tertiary/aromatic N) is 2. The maximum atomic E-state index is 12.3. The first-order valence-electron chi connectivity index (χ1n) is 8.04. The first-order chi connectivity index (χ1) is 11.6. The van der Waals surface area contributed by atoms with Crippen LogP contribution >= 0.6 is 0 Å². The van der Waals surface area contributed by atoms with Crippen molar-refractivity contribution in [2.75, 3.05) is 13.1 Å². The molecule has 0 radical (unpaired) electrons. The van der Waals surface area contributed by atoms with Crippen molar-refractivity contribution >= 4 is 16.9 Å². The summed E-state index contributed by atoms with van der Waals surface area (Å²) in [6.07, 6.45) is 1.67. The Labute approximate surface area is 137 Å². The molecule has 124 valence electrons. The summed E-state index contributed by atoms with van der Waals surface area (Å²) in [6, 6.07) is 7.37. The van der Waals surface area contributed by atoms with Crippen LogP contribution in [0.2, 0.25) is 0 Å². The van der Waals surface area contributed by atoms with Gasteiger partial charge in [-0.2, -0.15) is 5.16 Å². The summed E-state index contributed by atoms with van der Waals surface area (Å²) in [5.74, 6) is 1.11. The highest BCUT2D eigenvalue weighted by atomic mass is 16.5. The maximum absolute atomic E-state index is 12.3. The molecule has 0 aliphatic carbocycles. The van der Waals surface area contributed by atoms with Crippen LogP contribution in [0.4, 0.5) is 0 Å². The molecule has 1 fully saturated rings. The van der Waals surface area contributed by atoms with Crippen LogP contribution in [0.25, 0.3) is 11.0 Å². The molecule has 7 nitrogen and oxygen atoms in total. The SMILES string of the molecule is Cc1ccc2nc(C3CCN(C(=O)c4cc(=O)[nH]o4)CC3)[nH]c2c1. The van der Waals surface area contributed by atoms with E-state index >= 15 is 0 Å². The predicted molar refractivity (Wildman–Crippen MR) is 88.0 cm³/mol. The molecule has 1 amide bonds. The van der Waals surface area contributed by atoms with Gasteiger partial charge in [0.25, 0.3) is 11.5 Å². The van der Waals surface area contributed by atoms with Crippen LogP contribution in [0.1, 0.15) is 40.7 Å². The molecule has 4 rings (SSSR count). The lowest BCUT2D eigenvalue weighted by Gasteiger charge is -2.30. The summed E-state index contributed by atoms with van der Waals surface area (Å²) in [4.78, 5) is 33.2. The average Bonchev–Trinajstić information content (AvgIpc) is 3.20. The Bertz CT molecular complexity index is 944. The molecule has 3 heterocycles. The molecule has 2 aromatic heterocycles. The Hall–Kier alpha value is -2.83. The number of carbonyl (C=O) groups excluding carboxylic acids is 1. The molecule has 1 aliphatic rings. The van der Waals surface area contributed by atoms with E-state index in [0.29, 0.717) is 19.0 Å². The lowest BCUT2D eigenvalue weighted by atomic mass is 9.96. The molecular weight excluding hydrogens is 308 g/mol. The van der Waals surface area contributed by atoms with E-state index in [2.05, 4.69) is 34.2 Å². The number of aryl methyl sites for hydroxylation is 1. The molecule has 0 saturated carbocycles. The third-order valence-electron chi connectivity index (χ3n) is 4.56. The summed E-state index contributed by atoms with van der Waals surface area (Å²) in [5.41, 5.74) is 2.83. The van der Waals surface area contributed by atoms with Gasteiger partial charge in [0.2, 0.25) is 5.76 Å². The number of aromatic amines is 2. The number of H-pyrrole nitrogens is 2. The van der Waals surface area contributed by atoms with Crippen molar-refractivity contribution in [2.24, 2.45) is 0 Å². The molecule has 7 heteroatoms. The average molecular weight is 326 g/mol. The number of fused-ring (bicyclic) bond motifs is 1. The van der Waals surface area contributed by atoms with E-state index in [0.717, 1.165) is 29.7 Å². The predicted octanol–water partition coefficient (Wildman–Crippen LogP) is 2.17. The van der Waals surface area contributed by atoms with Crippen molar-refractivity contribution in [3.63, 3.8) is 0 Å². The summed E-state index contributed by atoms with van der Waals surface area (Å²) in [6.45, 7) is 3.30. The van der Waals surface area contributed by atoms with Gasteiger partial charge in [0.1, 0.15) is 5.82 Å². The molecule has 0 bridgehead atoms. The fourth-order valence-corrected chi connectivity index (χ4v) is 3.24. The fourth-order valence-electron chi connectivity index (χ4n) is 3.24. The van der Waals surface area contributed by atoms with Crippen molar-refractivity contribution in [1.82, 2.24) is 20.0 Å². The molecular formula is C17H18N4O3. The van der Waals surface area contributed by atoms with Crippen LogP contribution in [0.3, 0.4) is 0 Å². The van der Waals surface area contributed by atoms with Crippen molar-refractivity contribution < 1.29 is 9.32 Å². The van der Waals surface area contributed by atoms with E-state index in [4.69, 9.17) is 4.52 Å². The second kappa shape index (κ2) is 5.67. The van der Waals surface area contributed by atoms with Gasteiger partial charge in [-0.3, -0.25) is 9.59 Å². The van der Waals surface area contributed by atoms with Gasteiger partial charge in [0.15, 0.2) is 0 Å². The van der Waals surface area contributed by atoms with Crippen molar-refractivity contribution in [2.45, 2.75) is 25.7 Å². The second-order valence-corrected chi connectivity index (χ2v) is 6.29. The minimum atomic E-state index is -0.397. The molecule has 0 unspecified atom stereocenters. The molecule has 0 spiro atoms. The minimum absolute atomic E-state index is 0.0673. The zero-order valence-electron chi connectivity index (χ0n) is 13.3. The van der Waals surface area contributed by atoms with Gasteiger partial charge in [0.05, 0.1) is 17.1 Å². The Morgan fingerprint density at radius 3 is 2.79 bits per heavy atom. The molecule has 3 aromatic rings. The van der Waals surface area contributed by atoms with Crippen LogP contribution in [-0.2, 0) is 0 Å². The van der Waals surface area contributed by atoms with Crippen molar-refractivity contribution in [3.8, 4) is 0 Å². The normalized spacial score (nSPS) is 16.0. The van der Waals surface area contributed by atoms with Gasteiger partial charge in [-0.1, -0.05) is 6.07 Å². The molecule has 1 aromatic carbocycles. The van der Waals surface area contributed by atoms with Gasteiger partial charge in [-0.25, -0.2) is 4.98 Å². The third-order valence-corrected chi connectivity index (χ3v) is 4.56. The number of piperidine rings is 1. The highest BCUT2D eigenvalue weighted by Gasteiger charge is 2.28. The zero-order valence-corrected chi connectivity index (χ0v) is 13.3.